The van der Waals surface area contributed by atoms with E-state index in [-0.39, 0.29) is 35.2 Å². The molecule has 0 saturated carbocycles. The molecule has 1 aliphatic heterocycles. The predicted molar refractivity (Wildman–Crippen MR) is 136 cm³/mol. The van der Waals surface area contributed by atoms with Crippen LogP contribution in [0.15, 0.2) is 72.8 Å². The van der Waals surface area contributed by atoms with E-state index in [1.807, 2.05) is 73.3 Å². The lowest BCUT2D eigenvalue weighted by atomic mass is 9.89. The highest BCUT2D eigenvalue weighted by Crippen LogP contribution is 2.43. The van der Waals surface area contributed by atoms with Crippen LogP contribution >= 0.6 is 0 Å². The highest BCUT2D eigenvalue weighted by atomic mass is 16.5. The molecule has 0 bridgehead atoms. The number of nitrogens with two attached hydrogens (primary N) is 1. The number of carbonyl (C=O) groups excluding carboxylic acids is 3. The lowest BCUT2D eigenvalue weighted by molar-refractivity contribution is -0.118. The Balaban J connectivity index is 1.79. The average Bonchev–Trinajstić information content (AvgIpc) is 2.88. The summed E-state index contributed by atoms with van der Waals surface area (Å²) in [5.74, 6) is -0.537. The molecule has 4 rings (SSSR count). The lowest BCUT2D eigenvalue weighted by Gasteiger charge is -2.43. The second-order valence-electron chi connectivity index (χ2n) is 8.57. The number of amides is 3. The van der Waals surface area contributed by atoms with Gasteiger partial charge in [0.05, 0.1) is 18.7 Å². The van der Waals surface area contributed by atoms with Crippen LogP contribution in [0, 0.1) is 0 Å². The number of para-hydroxylation sites is 2. The first kappa shape index (κ1) is 24.0. The average molecular weight is 472 g/mol. The van der Waals surface area contributed by atoms with E-state index in [0.29, 0.717) is 18.4 Å². The van der Waals surface area contributed by atoms with E-state index >= 15 is 0 Å². The molecule has 0 aromatic heterocycles. The number of rotatable bonds is 6. The van der Waals surface area contributed by atoms with Crippen LogP contribution in [0.2, 0.25) is 0 Å². The summed E-state index contributed by atoms with van der Waals surface area (Å²) in [5, 5.41) is 0. The summed E-state index contributed by atoms with van der Waals surface area (Å²) in [5.41, 5.74) is 8.47. The molecule has 1 heterocycles. The highest BCUT2D eigenvalue weighted by Gasteiger charge is 2.39. The van der Waals surface area contributed by atoms with Gasteiger partial charge in [0.2, 0.25) is 11.8 Å². The van der Waals surface area contributed by atoms with E-state index in [4.69, 9.17) is 10.5 Å². The molecule has 7 nitrogen and oxygen atoms in total. The summed E-state index contributed by atoms with van der Waals surface area (Å²) in [6.07, 6.45) is 0.930. The zero-order chi connectivity index (χ0) is 25.1. The fraction of sp³-hybridized carbons (Fsp3) is 0.250. The van der Waals surface area contributed by atoms with Gasteiger partial charge in [-0.05, 0) is 55.3 Å². The molecule has 2 N–H and O–H groups in total. The van der Waals surface area contributed by atoms with Gasteiger partial charge in [0.1, 0.15) is 5.75 Å². The van der Waals surface area contributed by atoms with Crippen molar-refractivity contribution in [1.82, 2.24) is 0 Å². The molecular formula is C28H29N3O4. The Morgan fingerprint density at radius 3 is 2.37 bits per heavy atom. The molecule has 3 aromatic carbocycles. The van der Waals surface area contributed by atoms with Gasteiger partial charge in [0.15, 0.2) is 0 Å². The Morgan fingerprint density at radius 2 is 1.71 bits per heavy atom. The minimum atomic E-state index is -0.594. The van der Waals surface area contributed by atoms with Gasteiger partial charge in [-0.3, -0.25) is 14.4 Å². The van der Waals surface area contributed by atoms with Crippen LogP contribution in [0.1, 0.15) is 59.0 Å². The summed E-state index contributed by atoms with van der Waals surface area (Å²) >= 11 is 0. The smallest absolute Gasteiger partial charge is 0.262 e. The normalized spacial score (nSPS) is 16.8. The SMILES string of the molecule is CCC(=O)N(c1ccccc1)C1CC(C)N(C(=O)c2ccc(C(N)=O)cc2OC)c2ccccc21. The van der Waals surface area contributed by atoms with Gasteiger partial charge in [0, 0.05) is 29.4 Å². The van der Waals surface area contributed by atoms with Gasteiger partial charge in [-0.2, -0.15) is 0 Å². The van der Waals surface area contributed by atoms with Crippen molar-refractivity contribution in [2.24, 2.45) is 5.73 Å². The Hall–Kier alpha value is -4.13. The van der Waals surface area contributed by atoms with Crippen LogP contribution < -0.4 is 20.3 Å². The van der Waals surface area contributed by atoms with Crippen molar-refractivity contribution in [2.75, 3.05) is 16.9 Å². The molecular weight excluding hydrogens is 442 g/mol. The van der Waals surface area contributed by atoms with Gasteiger partial charge in [-0.25, -0.2) is 0 Å². The Labute approximate surface area is 205 Å². The molecule has 180 valence electrons. The number of ether oxygens (including phenoxy) is 1. The molecule has 0 saturated heterocycles. The zero-order valence-corrected chi connectivity index (χ0v) is 20.1. The first-order valence-corrected chi connectivity index (χ1v) is 11.6. The number of hydrogen-bond acceptors (Lipinski definition) is 4. The van der Waals surface area contributed by atoms with Crippen molar-refractivity contribution in [2.45, 2.75) is 38.8 Å². The monoisotopic (exact) mass is 471 g/mol. The number of methoxy groups -OCH3 is 1. The molecule has 3 amide bonds. The van der Waals surface area contributed by atoms with E-state index < -0.39 is 5.91 Å². The Morgan fingerprint density at radius 1 is 1.03 bits per heavy atom. The number of anilines is 2. The maximum Gasteiger partial charge on any atom is 0.262 e. The van der Waals surface area contributed by atoms with Gasteiger partial charge >= 0.3 is 0 Å². The van der Waals surface area contributed by atoms with E-state index in [9.17, 15) is 14.4 Å². The molecule has 7 heteroatoms. The van der Waals surface area contributed by atoms with Crippen molar-refractivity contribution in [3.8, 4) is 5.75 Å². The zero-order valence-electron chi connectivity index (χ0n) is 20.1. The molecule has 0 fully saturated rings. The minimum absolute atomic E-state index is 0.0201. The van der Waals surface area contributed by atoms with Crippen LogP contribution in [-0.4, -0.2) is 30.9 Å². The third kappa shape index (κ3) is 4.49. The van der Waals surface area contributed by atoms with Crippen LogP contribution in [0.4, 0.5) is 11.4 Å². The third-order valence-corrected chi connectivity index (χ3v) is 6.41. The minimum Gasteiger partial charge on any atom is -0.496 e. The van der Waals surface area contributed by atoms with E-state index in [2.05, 4.69) is 0 Å². The lowest BCUT2D eigenvalue weighted by Crippen LogP contribution is -2.47. The topological polar surface area (TPSA) is 92.9 Å². The molecule has 0 aliphatic carbocycles. The fourth-order valence-electron chi connectivity index (χ4n) is 4.74. The number of carbonyl (C=O) groups is 3. The van der Waals surface area contributed by atoms with E-state index in [0.717, 1.165) is 16.9 Å². The van der Waals surface area contributed by atoms with Gasteiger partial charge in [-0.15, -0.1) is 0 Å². The summed E-state index contributed by atoms with van der Waals surface area (Å²) in [7, 11) is 1.45. The van der Waals surface area contributed by atoms with Crippen molar-refractivity contribution < 1.29 is 19.1 Å². The van der Waals surface area contributed by atoms with Gasteiger partial charge in [0.25, 0.3) is 5.91 Å². The van der Waals surface area contributed by atoms with Crippen LogP contribution in [-0.2, 0) is 4.79 Å². The predicted octanol–water partition coefficient (Wildman–Crippen LogP) is 4.72. The fourth-order valence-corrected chi connectivity index (χ4v) is 4.74. The van der Waals surface area contributed by atoms with Crippen LogP contribution in [0.25, 0.3) is 0 Å². The quantitative estimate of drug-likeness (QED) is 0.563. The molecule has 0 spiro atoms. The van der Waals surface area contributed by atoms with Crippen molar-refractivity contribution >= 4 is 29.1 Å². The second-order valence-corrected chi connectivity index (χ2v) is 8.57. The highest BCUT2D eigenvalue weighted by molar-refractivity contribution is 6.10. The number of primary amides is 1. The Bertz CT molecular complexity index is 1260. The second kappa shape index (κ2) is 10.0. The largest absolute Gasteiger partial charge is 0.496 e. The van der Waals surface area contributed by atoms with Crippen LogP contribution in [0.3, 0.4) is 0 Å². The number of benzene rings is 3. The van der Waals surface area contributed by atoms with E-state index in [1.165, 1.54) is 19.2 Å². The van der Waals surface area contributed by atoms with Gasteiger partial charge in [-0.1, -0.05) is 43.3 Å². The van der Waals surface area contributed by atoms with Crippen molar-refractivity contribution in [3.63, 3.8) is 0 Å². The summed E-state index contributed by atoms with van der Waals surface area (Å²) in [6.45, 7) is 3.83. The summed E-state index contributed by atoms with van der Waals surface area (Å²) < 4.78 is 5.43. The van der Waals surface area contributed by atoms with Gasteiger partial charge < -0.3 is 20.3 Å². The third-order valence-electron chi connectivity index (χ3n) is 6.41. The van der Waals surface area contributed by atoms with Crippen molar-refractivity contribution in [3.05, 3.63) is 89.5 Å². The standard InChI is InChI=1S/C28H29N3O4/c1-4-26(32)31(20-10-6-5-7-11-20)24-16-18(2)30(23-13-9-8-12-21(23)24)28(34)22-15-14-19(27(29)33)17-25(22)35-3/h5-15,17-18,24H,4,16H2,1-3H3,(H2,29,33). The molecule has 2 atom stereocenters. The number of hydrogen-bond donors (Lipinski definition) is 1. The van der Waals surface area contributed by atoms with E-state index in [1.54, 1.807) is 11.0 Å². The molecule has 2 unspecified atom stereocenters. The maximum atomic E-state index is 13.8. The number of fused-ring (bicyclic) bond motifs is 1. The molecule has 3 aromatic rings. The van der Waals surface area contributed by atoms with Crippen LogP contribution in [0.5, 0.6) is 5.75 Å². The first-order chi connectivity index (χ1) is 16.9. The van der Waals surface area contributed by atoms with Crippen molar-refractivity contribution in [1.29, 1.82) is 0 Å². The maximum absolute atomic E-state index is 13.8. The Kier molecular flexibility index (Phi) is 6.87. The first-order valence-electron chi connectivity index (χ1n) is 11.6. The summed E-state index contributed by atoms with van der Waals surface area (Å²) in [6, 6.07) is 21.5. The number of nitrogens with zero attached hydrogens (tertiary/aromatic N) is 2. The summed E-state index contributed by atoms with van der Waals surface area (Å²) in [4.78, 5) is 42.1. The molecule has 35 heavy (non-hydrogen) atoms. The molecule has 0 radical (unpaired) electrons. The molecule has 1 aliphatic rings.